The number of halogens is 1. The van der Waals surface area contributed by atoms with Crippen molar-refractivity contribution in [3.8, 4) is 11.5 Å². The average Bonchev–Trinajstić information content (AvgIpc) is 3.63. The highest BCUT2D eigenvalue weighted by molar-refractivity contribution is 14.1. The van der Waals surface area contributed by atoms with E-state index in [1.54, 1.807) is 35.5 Å². The number of ether oxygens (including phenoxy) is 2. The molecule has 0 bridgehead atoms. The summed E-state index contributed by atoms with van der Waals surface area (Å²) >= 11 is 2.27. The zero-order valence-corrected chi connectivity index (χ0v) is 22.6. The first-order chi connectivity index (χ1) is 17.3. The lowest BCUT2D eigenvalue weighted by Gasteiger charge is -2.22. The summed E-state index contributed by atoms with van der Waals surface area (Å²) in [6.07, 6.45) is 9.50. The van der Waals surface area contributed by atoms with Gasteiger partial charge in [-0.3, -0.25) is 9.67 Å². The van der Waals surface area contributed by atoms with Crippen LogP contribution in [-0.2, 0) is 17.2 Å². The molecular formula is C24H26IN9O2. The zero-order chi connectivity index (χ0) is 25.0. The van der Waals surface area contributed by atoms with Gasteiger partial charge in [0.1, 0.15) is 11.0 Å². The molecular weight excluding hydrogens is 573 g/mol. The van der Waals surface area contributed by atoms with Gasteiger partial charge in [-0.2, -0.15) is 15.2 Å². The minimum absolute atomic E-state index is 0.0569. The SMILES string of the molecule is Cn1c(Nc2cc(C(C)(C)C)n([C@H]3CCOC3)n2)nc2ncc(Oc3cnn4ccncc34)c(I)c21. The van der Waals surface area contributed by atoms with Gasteiger partial charge in [-0.1, -0.05) is 20.8 Å². The summed E-state index contributed by atoms with van der Waals surface area (Å²) in [4.78, 5) is 13.5. The molecule has 186 valence electrons. The maximum atomic E-state index is 6.18. The molecule has 0 aromatic carbocycles. The molecule has 0 radical (unpaired) electrons. The van der Waals surface area contributed by atoms with Gasteiger partial charge in [-0.25, -0.2) is 9.50 Å². The Labute approximate surface area is 221 Å². The maximum Gasteiger partial charge on any atom is 0.210 e. The van der Waals surface area contributed by atoms with Gasteiger partial charge in [0, 0.05) is 43.2 Å². The van der Waals surface area contributed by atoms with Crippen molar-refractivity contribution in [3.63, 3.8) is 0 Å². The molecule has 11 nitrogen and oxygen atoms in total. The lowest BCUT2D eigenvalue weighted by atomic mass is 9.91. The van der Waals surface area contributed by atoms with Crippen LogP contribution in [0.1, 0.15) is 38.9 Å². The van der Waals surface area contributed by atoms with Gasteiger partial charge in [0.25, 0.3) is 0 Å². The number of aryl methyl sites for hydroxylation is 1. The Morgan fingerprint density at radius 3 is 2.83 bits per heavy atom. The van der Waals surface area contributed by atoms with E-state index in [0.717, 1.165) is 39.1 Å². The molecule has 1 atom stereocenters. The Bertz CT molecular complexity index is 1570. The van der Waals surface area contributed by atoms with E-state index in [1.807, 2.05) is 11.6 Å². The molecule has 0 spiro atoms. The van der Waals surface area contributed by atoms with Crippen molar-refractivity contribution >= 4 is 51.0 Å². The van der Waals surface area contributed by atoms with Crippen molar-refractivity contribution in [1.82, 2.24) is 38.9 Å². The zero-order valence-electron chi connectivity index (χ0n) is 20.4. The summed E-state index contributed by atoms with van der Waals surface area (Å²) in [7, 11) is 1.96. The van der Waals surface area contributed by atoms with E-state index in [9.17, 15) is 0 Å². The third-order valence-corrected chi connectivity index (χ3v) is 7.35. The molecule has 5 aromatic rings. The third-order valence-electron chi connectivity index (χ3n) is 6.31. The van der Waals surface area contributed by atoms with Gasteiger partial charge in [0.15, 0.2) is 23.0 Å². The van der Waals surface area contributed by atoms with E-state index >= 15 is 0 Å². The molecule has 1 fully saturated rings. The van der Waals surface area contributed by atoms with E-state index in [1.165, 1.54) is 0 Å². The van der Waals surface area contributed by atoms with Crippen LogP contribution in [0, 0.1) is 3.57 Å². The predicted octanol–water partition coefficient (Wildman–Crippen LogP) is 4.61. The average molecular weight is 599 g/mol. The highest BCUT2D eigenvalue weighted by Crippen LogP contribution is 2.35. The molecule has 12 heteroatoms. The molecule has 36 heavy (non-hydrogen) atoms. The van der Waals surface area contributed by atoms with Crippen LogP contribution < -0.4 is 10.1 Å². The normalized spacial score (nSPS) is 16.3. The smallest absolute Gasteiger partial charge is 0.210 e. The van der Waals surface area contributed by atoms with Crippen molar-refractivity contribution in [2.24, 2.45) is 7.05 Å². The van der Waals surface area contributed by atoms with Crippen molar-refractivity contribution in [2.45, 2.75) is 38.6 Å². The van der Waals surface area contributed by atoms with Crippen molar-refractivity contribution in [1.29, 1.82) is 0 Å². The maximum absolute atomic E-state index is 6.18. The molecule has 6 heterocycles. The first-order valence-electron chi connectivity index (χ1n) is 11.7. The third kappa shape index (κ3) is 3.97. The summed E-state index contributed by atoms with van der Waals surface area (Å²) in [6.45, 7) is 8.04. The number of fused-ring (bicyclic) bond motifs is 2. The monoisotopic (exact) mass is 599 g/mol. The van der Waals surface area contributed by atoms with Crippen LogP contribution in [-0.4, -0.2) is 52.1 Å². The number of nitrogens with zero attached hydrogens (tertiary/aromatic N) is 8. The second-order valence-electron chi connectivity index (χ2n) is 9.87. The molecule has 5 aromatic heterocycles. The van der Waals surface area contributed by atoms with Crippen LogP contribution in [0.5, 0.6) is 11.5 Å². The minimum atomic E-state index is -0.0569. The number of anilines is 2. The van der Waals surface area contributed by atoms with Crippen LogP contribution in [0.4, 0.5) is 11.8 Å². The van der Waals surface area contributed by atoms with Crippen molar-refractivity contribution in [2.75, 3.05) is 18.5 Å². The van der Waals surface area contributed by atoms with Gasteiger partial charge in [0.2, 0.25) is 5.95 Å². The van der Waals surface area contributed by atoms with Crippen molar-refractivity contribution < 1.29 is 9.47 Å². The summed E-state index contributed by atoms with van der Waals surface area (Å²) in [5.41, 5.74) is 3.37. The lowest BCUT2D eigenvalue weighted by molar-refractivity contribution is 0.183. The second-order valence-corrected chi connectivity index (χ2v) is 11.0. The number of rotatable bonds is 5. The second kappa shape index (κ2) is 8.69. The molecule has 1 N–H and O–H groups in total. The first-order valence-corrected chi connectivity index (χ1v) is 12.8. The van der Waals surface area contributed by atoms with Crippen LogP contribution in [0.3, 0.4) is 0 Å². The van der Waals surface area contributed by atoms with E-state index < -0.39 is 0 Å². The van der Waals surface area contributed by atoms with Crippen LogP contribution in [0.25, 0.3) is 16.7 Å². The highest BCUT2D eigenvalue weighted by Gasteiger charge is 2.28. The van der Waals surface area contributed by atoms with Crippen LogP contribution in [0.2, 0.25) is 0 Å². The molecule has 0 unspecified atom stereocenters. The van der Waals surface area contributed by atoms with E-state index in [4.69, 9.17) is 19.6 Å². The number of nitrogens with one attached hydrogen (secondary N) is 1. The van der Waals surface area contributed by atoms with Crippen LogP contribution in [0.15, 0.2) is 37.1 Å². The summed E-state index contributed by atoms with van der Waals surface area (Å²) < 4.78 is 18.5. The Balaban J connectivity index is 1.34. The first kappa shape index (κ1) is 23.2. The molecule has 0 aliphatic carbocycles. The van der Waals surface area contributed by atoms with Gasteiger partial charge < -0.3 is 19.4 Å². The quantitative estimate of drug-likeness (QED) is 0.292. The summed E-state index contributed by atoms with van der Waals surface area (Å²) in [5.74, 6) is 2.63. The molecule has 6 rings (SSSR count). The number of hydrogen-bond donors (Lipinski definition) is 1. The van der Waals surface area contributed by atoms with Gasteiger partial charge in [-0.05, 0) is 29.0 Å². The highest BCUT2D eigenvalue weighted by atomic mass is 127. The van der Waals surface area contributed by atoms with Crippen LogP contribution >= 0.6 is 22.6 Å². The standard InChI is InChI=1S/C24H26IN9O2/c1-24(2,3)18-9-19(31-34(18)14-5-8-35-13-14)29-23-30-22-21(32(23)4)20(25)17(11-27-22)36-16-12-28-33-7-6-26-10-15(16)33/h6-7,9-12,14H,5,8,13H2,1-4H3,(H,27,29,30,31)/t14-/m0/s1. The largest absolute Gasteiger partial charge is 0.450 e. The fourth-order valence-corrected chi connectivity index (χ4v) is 5.28. The Hall–Kier alpha value is -3.26. The Kier molecular flexibility index (Phi) is 5.59. The molecule has 0 saturated carbocycles. The molecule has 1 saturated heterocycles. The van der Waals surface area contributed by atoms with Gasteiger partial charge in [-0.15, -0.1) is 0 Å². The minimum Gasteiger partial charge on any atom is -0.450 e. The molecule has 1 aliphatic heterocycles. The summed E-state index contributed by atoms with van der Waals surface area (Å²) in [6, 6.07) is 2.34. The fraction of sp³-hybridized carbons (Fsp3) is 0.375. The number of hydrogen-bond acceptors (Lipinski definition) is 8. The number of aromatic nitrogens is 8. The molecule has 1 aliphatic rings. The summed E-state index contributed by atoms with van der Waals surface area (Å²) in [5, 5.41) is 12.6. The van der Waals surface area contributed by atoms with Gasteiger partial charge >= 0.3 is 0 Å². The predicted molar refractivity (Wildman–Crippen MR) is 143 cm³/mol. The fourth-order valence-electron chi connectivity index (χ4n) is 4.43. The number of imidazole rings is 1. The Morgan fingerprint density at radius 1 is 1.19 bits per heavy atom. The lowest BCUT2D eigenvalue weighted by Crippen LogP contribution is -2.22. The van der Waals surface area contributed by atoms with Crippen molar-refractivity contribution in [3.05, 3.63) is 46.3 Å². The van der Waals surface area contributed by atoms with Gasteiger partial charge in [0.05, 0.1) is 34.8 Å². The number of pyridine rings is 1. The topological polar surface area (TPSA) is 109 Å². The Morgan fingerprint density at radius 2 is 2.06 bits per heavy atom. The van der Waals surface area contributed by atoms with E-state index in [-0.39, 0.29) is 11.5 Å². The van der Waals surface area contributed by atoms with E-state index in [0.29, 0.717) is 29.7 Å². The molecule has 0 amide bonds. The van der Waals surface area contributed by atoms with E-state index in [2.05, 4.69) is 74.5 Å².